The minimum Gasteiger partial charge on any atom is -0.460 e. The molecule has 0 N–H and O–H groups in total. The molecular formula is C21H20ClNO2S2. The number of hydrogen-bond donors (Lipinski definition) is 0. The number of rotatable bonds is 6. The van der Waals surface area contributed by atoms with E-state index in [1.807, 2.05) is 36.6 Å². The maximum Gasteiger partial charge on any atom is 0.316 e. The monoisotopic (exact) mass is 417 g/mol. The summed E-state index contributed by atoms with van der Waals surface area (Å²) >= 11 is 9.40. The lowest BCUT2D eigenvalue weighted by molar-refractivity contribution is -0.141. The number of aromatic nitrogens is 1. The van der Waals surface area contributed by atoms with Gasteiger partial charge in [0.05, 0.1) is 11.3 Å². The number of benzene rings is 2. The first-order valence-electron chi connectivity index (χ1n) is 8.45. The number of esters is 1. The third kappa shape index (κ3) is 5.18. The van der Waals surface area contributed by atoms with E-state index in [4.69, 9.17) is 16.3 Å². The fourth-order valence-corrected chi connectivity index (χ4v) is 3.97. The fourth-order valence-electron chi connectivity index (χ4n) is 2.54. The highest BCUT2D eigenvalue weighted by Gasteiger charge is 2.10. The zero-order chi connectivity index (χ0) is 19.4. The van der Waals surface area contributed by atoms with Gasteiger partial charge in [0, 0.05) is 20.7 Å². The quantitative estimate of drug-likeness (QED) is 0.277. The lowest BCUT2D eigenvalue weighted by Gasteiger charge is -2.09. The van der Waals surface area contributed by atoms with Crippen LogP contribution in [0.2, 0.25) is 5.15 Å². The van der Waals surface area contributed by atoms with E-state index in [0.29, 0.717) is 10.7 Å². The molecule has 0 aliphatic rings. The van der Waals surface area contributed by atoms with E-state index in [0.717, 1.165) is 20.7 Å². The van der Waals surface area contributed by atoms with Gasteiger partial charge >= 0.3 is 5.97 Å². The maximum absolute atomic E-state index is 12.1. The molecule has 3 rings (SSSR count). The van der Waals surface area contributed by atoms with E-state index in [9.17, 15) is 4.79 Å². The second-order valence-corrected chi connectivity index (χ2v) is 8.48. The zero-order valence-electron chi connectivity index (χ0n) is 15.4. The van der Waals surface area contributed by atoms with Crippen LogP contribution in [0.25, 0.3) is 10.9 Å². The second-order valence-electron chi connectivity index (χ2n) is 6.19. The highest BCUT2D eigenvalue weighted by Crippen LogP contribution is 2.26. The molecule has 3 nitrogen and oxygen atoms in total. The first kappa shape index (κ1) is 20.1. The van der Waals surface area contributed by atoms with Gasteiger partial charge in [-0.25, -0.2) is 4.98 Å². The molecule has 0 atom stereocenters. The van der Waals surface area contributed by atoms with E-state index < -0.39 is 0 Å². The number of nitrogens with zero attached hydrogens (tertiary/aromatic N) is 1. The lowest BCUT2D eigenvalue weighted by Crippen LogP contribution is -2.08. The van der Waals surface area contributed by atoms with Crippen LogP contribution in [-0.2, 0) is 16.1 Å². The highest BCUT2D eigenvalue weighted by molar-refractivity contribution is 8.00. The molecule has 0 fully saturated rings. The predicted molar refractivity (Wildman–Crippen MR) is 115 cm³/mol. The van der Waals surface area contributed by atoms with E-state index in [-0.39, 0.29) is 18.3 Å². The Morgan fingerprint density at radius 3 is 2.59 bits per heavy atom. The van der Waals surface area contributed by atoms with Gasteiger partial charge in [-0.2, -0.15) is 0 Å². The van der Waals surface area contributed by atoms with Crippen molar-refractivity contribution in [2.75, 3.05) is 12.0 Å². The van der Waals surface area contributed by atoms with Crippen molar-refractivity contribution in [1.82, 2.24) is 4.98 Å². The lowest BCUT2D eigenvalue weighted by atomic mass is 10.1. The molecule has 0 spiro atoms. The van der Waals surface area contributed by atoms with Gasteiger partial charge in [-0.05, 0) is 61.6 Å². The number of hydrogen-bond acceptors (Lipinski definition) is 5. The first-order chi connectivity index (χ1) is 13.0. The number of ether oxygens (including phenoxy) is 1. The first-order valence-corrected chi connectivity index (χ1v) is 11.0. The smallest absolute Gasteiger partial charge is 0.316 e. The Hall–Kier alpha value is -1.69. The predicted octanol–water partition coefficient (Wildman–Crippen LogP) is 6.06. The van der Waals surface area contributed by atoms with Gasteiger partial charge in [-0.15, -0.1) is 23.5 Å². The van der Waals surface area contributed by atoms with Crippen molar-refractivity contribution >= 4 is 52.0 Å². The van der Waals surface area contributed by atoms with Crippen LogP contribution in [0.4, 0.5) is 0 Å². The van der Waals surface area contributed by atoms with Gasteiger partial charge in [-0.1, -0.05) is 23.7 Å². The van der Waals surface area contributed by atoms with Gasteiger partial charge in [0.2, 0.25) is 0 Å². The van der Waals surface area contributed by atoms with Crippen LogP contribution in [-0.4, -0.2) is 23.0 Å². The van der Waals surface area contributed by atoms with Gasteiger partial charge in [0.15, 0.2) is 0 Å². The molecule has 0 bridgehead atoms. The van der Waals surface area contributed by atoms with Crippen molar-refractivity contribution < 1.29 is 9.53 Å². The van der Waals surface area contributed by atoms with E-state index in [1.165, 1.54) is 22.9 Å². The minimum atomic E-state index is -0.271. The van der Waals surface area contributed by atoms with Crippen molar-refractivity contribution in [3.8, 4) is 0 Å². The number of pyridine rings is 1. The summed E-state index contributed by atoms with van der Waals surface area (Å²) in [5.74, 6) is -0.00907. The molecule has 6 heteroatoms. The second kappa shape index (κ2) is 9.00. The summed E-state index contributed by atoms with van der Waals surface area (Å²) in [6, 6.07) is 14.1. The van der Waals surface area contributed by atoms with Gasteiger partial charge in [0.25, 0.3) is 0 Å². The number of carbonyl (C=O) groups is 1. The third-order valence-corrected chi connectivity index (χ3v) is 6.29. The molecule has 3 aromatic rings. The normalized spacial score (nSPS) is 11.0. The van der Waals surface area contributed by atoms with Crippen LogP contribution in [0.3, 0.4) is 0 Å². The highest BCUT2D eigenvalue weighted by atomic mass is 35.5. The molecule has 0 amide bonds. The maximum atomic E-state index is 12.1. The summed E-state index contributed by atoms with van der Waals surface area (Å²) in [4.78, 5) is 18.7. The van der Waals surface area contributed by atoms with Gasteiger partial charge in [0.1, 0.15) is 11.8 Å². The molecular weight excluding hydrogens is 398 g/mol. The molecule has 0 aliphatic heterocycles. The van der Waals surface area contributed by atoms with Crippen LogP contribution in [0.1, 0.15) is 16.7 Å². The van der Waals surface area contributed by atoms with Crippen LogP contribution < -0.4 is 0 Å². The van der Waals surface area contributed by atoms with Crippen molar-refractivity contribution in [1.29, 1.82) is 0 Å². The van der Waals surface area contributed by atoms with Gasteiger partial charge < -0.3 is 4.74 Å². The average molecular weight is 418 g/mol. The van der Waals surface area contributed by atoms with E-state index in [1.54, 1.807) is 11.8 Å². The number of aryl methyl sites for hydroxylation is 2. The third-order valence-electron chi connectivity index (χ3n) is 4.27. The van der Waals surface area contributed by atoms with Crippen LogP contribution in [0.15, 0.2) is 52.3 Å². The summed E-state index contributed by atoms with van der Waals surface area (Å²) in [7, 11) is 0. The summed E-state index contributed by atoms with van der Waals surface area (Å²) in [6.07, 6.45) is 2.02. The van der Waals surface area contributed by atoms with Crippen LogP contribution in [0.5, 0.6) is 0 Å². The SMILES string of the molecule is CSc1ccc2cc(COC(=O)CSc3ccc(C)c(C)c3)c(Cl)nc2c1. The van der Waals surface area contributed by atoms with Crippen molar-refractivity contribution in [3.05, 3.63) is 64.3 Å². The molecule has 0 unspecified atom stereocenters. The Morgan fingerprint density at radius 1 is 1.07 bits per heavy atom. The van der Waals surface area contributed by atoms with Crippen LogP contribution >= 0.6 is 35.1 Å². The van der Waals surface area contributed by atoms with E-state index >= 15 is 0 Å². The molecule has 2 aromatic carbocycles. The van der Waals surface area contributed by atoms with Gasteiger partial charge in [-0.3, -0.25) is 4.79 Å². The van der Waals surface area contributed by atoms with Crippen molar-refractivity contribution in [2.24, 2.45) is 0 Å². The Labute approximate surface area is 172 Å². The summed E-state index contributed by atoms with van der Waals surface area (Å²) < 4.78 is 5.39. The Morgan fingerprint density at radius 2 is 1.85 bits per heavy atom. The number of halogens is 1. The van der Waals surface area contributed by atoms with Crippen LogP contribution in [0, 0.1) is 13.8 Å². The number of fused-ring (bicyclic) bond motifs is 1. The number of carbonyl (C=O) groups excluding carboxylic acids is 1. The average Bonchev–Trinajstić information content (AvgIpc) is 2.66. The standard InChI is InChI=1S/C21H20ClNO2S2/c1-13-4-6-18(8-14(13)2)27-12-20(24)25-11-16-9-15-5-7-17(26-3)10-19(15)23-21(16)22/h4-10H,11-12H2,1-3H3. The molecule has 1 heterocycles. The molecule has 140 valence electrons. The van der Waals surface area contributed by atoms with Crippen molar-refractivity contribution in [3.63, 3.8) is 0 Å². The Balaban J connectivity index is 1.61. The summed E-state index contributed by atoms with van der Waals surface area (Å²) in [5, 5.41) is 1.35. The molecule has 0 saturated heterocycles. The van der Waals surface area contributed by atoms with E-state index in [2.05, 4.69) is 31.0 Å². The zero-order valence-corrected chi connectivity index (χ0v) is 17.8. The largest absolute Gasteiger partial charge is 0.460 e. The summed E-state index contributed by atoms with van der Waals surface area (Å²) in [6.45, 7) is 4.26. The Kier molecular flexibility index (Phi) is 6.68. The minimum absolute atomic E-state index is 0.123. The topological polar surface area (TPSA) is 39.2 Å². The molecule has 0 aliphatic carbocycles. The molecule has 27 heavy (non-hydrogen) atoms. The van der Waals surface area contributed by atoms with Crippen molar-refractivity contribution in [2.45, 2.75) is 30.2 Å². The number of thioether (sulfide) groups is 2. The fraction of sp³-hybridized carbons (Fsp3) is 0.238. The molecule has 0 radical (unpaired) electrons. The Bertz CT molecular complexity index is 991. The molecule has 0 saturated carbocycles. The summed E-state index contributed by atoms with van der Waals surface area (Å²) in [5.41, 5.74) is 4.01. The molecule has 1 aromatic heterocycles.